The van der Waals surface area contributed by atoms with Gasteiger partial charge in [0, 0.05) is 27.2 Å². The van der Waals surface area contributed by atoms with Crippen LogP contribution < -0.4 is 34.7 Å². The number of hydrogen-bond donors (Lipinski definition) is 0. The second-order valence-corrected chi connectivity index (χ2v) is 5.43. The minimum atomic E-state index is -1.30. The third-order valence-corrected chi connectivity index (χ3v) is 3.07. The fraction of sp³-hybridized carbons (Fsp3) is 0.833. The Hall–Kier alpha value is -0.300. The van der Waals surface area contributed by atoms with Gasteiger partial charge in [0.15, 0.2) is 0 Å². The van der Waals surface area contributed by atoms with Crippen LogP contribution in [0.2, 0.25) is 0 Å². The van der Waals surface area contributed by atoms with E-state index in [0.717, 1.165) is 4.90 Å². The second kappa shape index (κ2) is 7.47. The first kappa shape index (κ1) is 18.7. The van der Waals surface area contributed by atoms with Gasteiger partial charge in [0.2, 0.25) is 5.91 Å². The summed E-state index contributed by atoms with van der Waals surface area (Å²) in [5.41, 5.74) is -0.642. The zero-order valence-electron chi connectivity index (χ0n) is 12.4. The van der Waals surface area contributed by atoms with Gasteiger partial charge in [-0.15, -0.1) is 0 Å². The van der Waals surface area contributed by atoms with Gasteiger partial charge < -0.3 is 24.4 Å². The summed E-state index contributed by atoms with van der Waals surface area (Å²) in [7, 11) is 1.57. The van der Waals surface area contributed by atoms with Crippen LogP contribution >= 0.6 is 0 Å². The van der Waals surface area contributed by atoms with Crippen molar-refractivity contribution in [3.05, 3.63) is 0 Å². The van der Waals surface area contributed by atoms with Crippen molar-refractivity contribution in [1.29, 1.82) is 0 Å². The summed E-state index contributed by atoms with van der Waals surface area (Å²) in [6.45, 7) is 6.79. The van der Waals surface area contributed by atoms with Crippen molar-refractivity contribution in [3.8, 4) is 0 Å². The Morgan fingerprint density at radius 3 is 2.58 bits per heavy atom. The molecule has 0 unspecified atom stereocenters. The summed E-state index contributed by atoms with van der Waals surface area (Å²) in [6.07, 6.45) is -0.789. The van der Waals surface area contributed by atoms with Crippen molar-refractivity contribution in [1.82, 2.24) is 9.80 Å². The van der Waals surface area contributed by atoms with E-state index in [4.69, 9.17) is 4.74 Å². The monoisotopic (exact) mass is 282 g/mol. The van der Waals surface area contributed by atoms with Crippen LogP contribution in [0, 0.1) is 0 Å². The molecule has 106 valence electrons. The van der Waals surface area contributed by atoms with E-state index in [1.54, 1.807) is 32.8 Å². The molecule has 1 fully saturated rings. The van der Waals surface area contributed by atoms with Crippen molar-refractivity contribution in [2.75, 3.05) is 26.8 Å². The summed E-state index contributed by atoms with van der Waals surface area (Å²) in [5, 5.41) is 11.2. The Kier molecular flexibility index (Phi) is 7.36. The molecule has 1 rings (SSSR count). The van der Waals surface area contributed by atoms with Crippen LogP contribution in [0.15, 0.2) is 0 Å². The molecule has 0 aliphatic carbocycles. The molecule has 0 radical (unpaired) electrons. The minimum absolute atomic E-state index is 0. The van der Waals surface area contributed by atoms with Gasteiger partial charge in [-0.2, -0.15) is 0 Å². The number of likely N-dealkylation sites (tertiary alicyclic amines) is 1. The molecule has 0 aromatic heterocycles. The molecule has 0 N–H and O–H groups in total. The number of ether oxygens (including phenoxy) is 1. The van der Waals surface area contributed by atoms with Crippen LogP contribution in [-0.2, 0) is 9.53 Å². The first-order valence-corrected chi connectivity index (χ1v) is 6.07. The molecule has 1 aliphatic rings. The SMILES string of the molecule is COCCN1CC[C@H](N(C(=O)[O-])C(C)(C)C)C1=O.[HH].[Na+]. The average molecular weight is 282 g/mol. The molecule has 0 bridgehead atoms. The predicted molar refractivity (Wildman–Crippen MR) is 66.0 cm³/mol. The van der Waals surface area contributed by atoms with Crippen LogP contribution in [0.4, 0.5) is 4.79 Å². The van der Waals surface area contributed by atoms with Gasteiger partial charge in [-0.05, 0) is 27.2 Å². The standard InChI is InChI=1S/C12H22N2O4.Na.H2/c1-12(2,3)14(11(16)17)9-5-6-13(10(9)15)7-8-18-4;;/h9H,5-8H2,1-4H3,(H,16,17);;1H/q;+1;/p-1/t9-;;/m0../s1. The number of rotatable bonds is 4. The first-order valence-electron chi connectivity index (χ1n) is 6.07. The molecule has 2 amide bonds. The number of carbonyl (C=O) groups excluding carboxylic acids is 2. The van der Waals surface area contributed by atoms with Gasteiger partial charge in [-0.3, -0.25) is 4.79 Å². The minimum Gasteiger partial charge on any atom is -0.530 e. The molecule has 1 aliphatic heterocycles. The summed E-state index contributed by atoms with van der Waals surface area (Å²) >= 11 is 0. The van der Waals surface area contributed by atoms with E-state index in [-0.39, 0.29) is 36.9 Å². The molecule has 7 heteroatoms. The number of hydrogen-bond acceptors (Lipinski definition) is 4. The first-order chi connectivity index (χ1) is 8.29. The molecule has 0 aromatic rings. The molecule has 19 heavy (non-hydrogen) atoms. The Morgan fingerprint density at radius 1 is 1.58 bits per heavy atom. The van der Waals surface area contributed by atoms with Gasteiger partial charge in [-0.1, -0.05) is 0 Å². The van der Waals surface area contributed by atoms with E-state index in [1.165, 1.54) is 0 Å². The third kappa shape index (κ3) is 4.63. The van der Waals surface area contributed by atoms with Crippen LogP contribution in [0.25, 0.3) is 0 Å². The van der Waals surface area contributed by atoms with Crippen LogP contribution in [-0.4, -0.2) is 60.2 Å². The summed E-state index contributed by atoms with van der Waals surface area (Å²) in [4.78, 5) is 26.1. The zero-order chi connectivity index (χ0) is 13.9. The Labute approximate surface area is 137 Å². The number of nitrogens with zero attached hydrogens (tertiary/aromatic N) is 2. The van der Waals surface area contributed by atoms with Crippen LogP contribution in [0.3, 0.4) is 0 Å². The van der Waals surface area contributed by atoms with Crippen molar-refractivity contribution < 1.29 is 50.4 Å². The number of amides is 2. The second-order valence-electron chi connectivity index (χ2n) is 5.43. The molecular weight excluding hydrogens is 259 g/mol. The Morgan fingerprint density at radius 2 is 2.16 bits per heavy atom. The maximum atomic E-state index is 12.1. The van der Waals surface area contributed by atoms with Crippen LogP contribution in [0.5, 0.6) is 0 Å². The van der Waals surface area contributed by atoms with Crippen LogP contribution in [0.1, 0.15) is 28.6 Å². The normalized spacial score (nSPS) is 19.3. The molecule has 1 heterocycles. The number of carboxylic acid groups (broad SMARTS) is 1. The molecule has 0 aromatic carbocycles. The van der Waals surface area contributed by atoms with E-state index in [9.17, 15) is 14.7 Å². The molecule has 1 atom stereocenters. The fourth-order valence-corrected chi connectivity index (χ4v) is 2.25. The maximum Gasteiger partial charge on any atom is 1.00 e. The van der Waals surface area contributed by atoms with E-state index in [0.29, 0.717) is 26.1 Å². The third-order valence-electron chi connectivity index (χ3n) is 3.07. The predicted octanol–water partition coefficient (Wildman–Crippen LogP) is -3.07. The fourth-order valence-electron chi connectivity index (χ4n) is 2.25. The van der Waals surface area contributed by atoms with E-state index in [1.807, 2.05) is 0 Å². The van der Waals surface area contributed by atoms with Crippen molar-refractivity contribution in [3.63, 3.8) is 0 Å². The maximum absolute atomic E-state index is 12.1. The molecule has 0 saturated carbocycles. The summed E-state index contributed by atoms with van der Waals surface area (Å²) < 4.78 is 4.93. The quantitative estimate of drug-likeness (QED) is 0.513. The largest absolute Gasteiger partial charge is 1.00 e. The Bertz CT molecular complexity index is 336. The zero-order valence-corrected chi connectivity index (χ0v) is 14.4. The number of methoxy groups -OCH3 is 1. The molecule has 6 nitrogen and oxygen atoms in total. The molecule has 0 spiro atoms. The Balaban J connectivity index is 0. The number of carbonyl (C=O) groups is 2. The van der Waals surface area contributed by atoms with Gasteiger partial charge in [0.25, 0.3) is 0 Å². The van der Waals surface area contributed by atoms with Crippen molar-refractivity contribution in [2.24, 2.45) is 0 Å². The smallest absolute Gasteiger partial charge is 0.530 e. The van der Waals surface area contributed by atoms with E-state index >= 15 is 0 Å². The molecule has 1 saturated heterocycles. The van der Waals surface area contributed by atoms with Crippen molar-refractivity contribution in [2.45, 2.75) is 38.8 Å². The van der Waals surface area contributed by atoms with Gasteiger partial charge in [-0.25, -0.2) is 0 Å². The van der Waals surface area contributed by atoms with E-state index < -0.39 is 17.7 Å². The summed E-state index contributed by atoms with van der Waals surface area (Å²) in [6, 6.07) is -0.633. The average Bonchev–Trinajstić information content (AvgIpc) is 2.56. The van der Waals surface area contributed by atoms with E-state index in [2.05, 4.69) is 0 Å². The van der Waals surface area contributed by atoms with Gasteiger partial charge in [0.05, 0.1) is 6.61 Å². The van der Waals surface area contributed by atoms with Crippen molar-refractivity contribution >= 4 is 12.0 Å². The van der Waals surface area contributed by atoms with Gasteiger partial charge in [0.1, 0.15) is 12.1 Å². The topological polar surface area (TPSA) is 72.9 Å². The molecular formula is C12H23N2NaO4. The summed E-state index contributed by atoms with van der Waals surface area (Å²) in [5.74, 6) is -0.161. The van der Waals surface area contributed by atoms with Gasteiger partial charge >= 0.3 is 29.6 Å².